The van der Waals surface area contributed by atoms with E-state index in [4.69, 9.17) is 0 Å². The molecule has 0 radical (unpaired) electrons. The first-order valence-electron chi connectivity index (χ1n) is 7.04. The number of rotatable bonds is 4. The first kappa shape index (κ1) is 15.4. The second kappa shape index (κ2) is 6.61. The van der Waals surface area contributed by atoms with Crippen LogP contribution in [0.2, 0.25) is 0 Å². The molecule has 2 N–H and O–H groups in total. The van der Waals surface area contributed by atoms with E-state index in [-0.39, 0.29) is 0 Å². The van der Waals surface area contributed by atoms with Crippen LogP contribution in [0.3, 0.4) is 0 Å². The highest BCUT2D eigenvalue weighted by atomic mass is 19.2. The first-order valence-corrected chi connectivity index (χ1v) is 7.04. The van der Waals surface area contributed by atoms with Gasteiger partial charge in [0.05, 0.1) is 6.10 Å². The zero-order valence-corrected chi connectivity index (χ0v) is 11.9. The summed E-state index contributed by atoms with van der Waals surface area (Å²) >= 11 is 0. The Morgan fingerprint density at radius 2 is 2.15 bits per heavy atom. The van der Waals surface area contributed by atoms with Crippen LogP contribution in [0.15, 0.2) is 18.2 Å². The zero-order valence-electron chi connectivity index (χ0n) is 11.9. The fourth-order valence-corrected chi connectivity index (χ4v) is 2.59. The third kappa shape index (κ3) is 3.75. The molecule has 112 valence electrons. The van der Waals surface area contributed by atoms with Crippen LogP contribution in [-0.4, -0.2) is 42.2 Å². The number of hydrogen-bond donors (Lipinski definition) is 2. The topological polar surface area (TPSA) is 35.5 Å². The summed E-state index contributed by atoms with van der Waals surface area (Å²) in [6.07, 6.45) is 1.24. The molecule has 1 fully saturated rings. The normalized spacial score (nSPS) is 25.6. The molecule has 0 aliphatic carbocycles. The number of aliphatic hydroxyl groups excluding tert-OH is 1. The number of likely N-dealkylation sites (tertiary alicyclic amines) is 1. The van der Waals surface area contributed by atoms with Gasteiger partial charge in [-0.05, 0) is 51.1 Å². The van der Waals surface area contributed by atoms with Crippen molar-refractivity contribution in [2.24, 2.45) is 0 Å². The summed E-state index contributed by atoms with van der Waals surface area (Å²) < 4.78 is 26.0. The van der Waals surface area contributed by atoms with Gasteiger partial charge in [-0.25, -0.2) is 8.78 Å². The monoisotopic (exact) mass is 284 g/mol. The molecule has 20 heavy (non-hydrogen) atoms. The quantitative estimate of drug-likeness (QED) is 0.888. The summed E-state index contributed by atoms with van der Waals surface area (Å²) in [5.74, 6) is -1.81. The molecular formula is C15H22F2N2O. The number of nitrogens with zero attached hydrogens (tertiary/aromatic N) is 1. The summed E-state index contributed by atoms with van der Waals surface area (Å²) in [5.41, 5.74) is 0.400. The largest absolute Gasteiger partial charge is 0.387 e. The average Bonchev–Trinajstić information content (AvgIpc) is 2.43. The molecule has 3 nitrogen and oxygen atoms in total. The van der Waals surface area contributed by atoms with Crippen LogP contribution in [0.1, 0.15) is 31.4 Å². The molecule has 3 unspecified atom stereocenters. The molecule has 1 saturated heterocycles. The highest BCUT2D eigenvalue weighted by molar-refractivity contribution is 5.20. The predicted octanol–water partition coefficient (Wildman–Crippen LogP) is 2.07. The molecule has 1 heterocycles. The summed E-state index contributed by atoms with van der Waals surface area (Å²) in [6.45, 7) is 3.56. The predicted molar refractivity (Wildman–Crippen MR) is 74.4 cm³/mol. The number of benzene rings is 1. The standard InChI is InChI=1S/C15H22F2N2O/c1-10-7-12(5-6-19(10)2)18-9-15(20)11-3-4-13(16)14(17)8-11/h3-4,8,10,12,15,18,20H,5-7,9H2,1-2H3. The number of hydrogen-bond acceptors (Lipinski definition) is 3. The first-order chi connectivity index (χ1) is 9.47. The lowest BCUT2D eigenvalue weighted by molar-refractivity contribution is 0.138. The molecule has 1 aliphatic rings. The van der Waals surface area contributed by atoms with Crippen LogP contribution in [0.4, 0.5) is 8.78 Å². The van der Waals surface area contributed by atoms with Crippen LogP contribution >= 0.6 is 0 Å². The second-order valence-corrected chi connectivity index (χ2v) is 5.65. The van der Waals surface area contributed by atoms with Crippen LogP contribution in [-0.2, 0) is 0 Å². The van der Waals surface area contributed by atoms with Crippen LogP contribution in [0, 0.1) is 11.6 Å². The Labute approximate surface area is 118 Å². The maximum absolute atomic E-state index is 13.1. The van der Waals surface area contributed by atoms with Gasteiger partial charge in [0.25, 0.3) is 0 Å². The fraction of sp³-hybridized carbons (Fsp3) is 0.600. The van der Waals surface area contributed by atoms with Crippen molar-refractivity contribution in [3.63, 3.8) is 0 Å². The van der Waals surface area contributed by atoms with Gasteiger partial charge >= 0.3 is 0 Å². The molecule has 0 bridgehead atoms. The van der Waals surface area contributed by atoms with E-state index in [2.05, 4.69) is 24.2 Å². The molecule has 0 aromatic heterocycles. The van der Waals surface area contributed by atoms with Gasteiger partial charge in [0, 0.05) is 18.6 Å². The van der Waals surface area contributed by atoms with Gasteiger partial charge in [0.1, 0.15) is 0 Å². The molecule has 1 aromatic carbocycles. The van der Waals surface area contributed by atoms with Crippen LogP contribution in [0.5, 0.6) is 0 Å². The second-order valence-electron chi connectivity index (χ2n) is 5.65. The van der Waals surface area contributed by atoms with Gasteiger partial charge in [-0.3, -0.25) is 0 Å². The smallest absolute Gasteiger partial charge is 0.159 e. The molecule has 5 heteroatoms. The molecule has 0 saturated carbocycles. The number of nitrogens with one attached hydrogen (secondary N) is 1. The van der Waals surface area contributed by atoms with Crippen molar-refractivity contribution in [1.82, 2.24) is 10.2 Å². The van der Waals surface area contributed by atoms with E-state index in [0.29, 0.717) is 24.2 Å². The summed E-state index contributed by atoms with van der Waals surface area (Å²) in [7, 11) is 2.11. The molecule has 2 rings (SSSR count). The molecule has 3 atom stereocenters. The molecule has 0 spiro atoms. The zero-order chi connectivity index (χ0) is 14.7. The van der Waals surface area contributed by atoms with Gasteiger partial charge in [-0.15, -0.1) is 0 Å². The van der Waals surface area contributed by atoms with Gasteiger partial charge in [-0.1, -0.05) is 6.07 Å². The summed E-state index contributed by atoms with van der Waals surface area (Å²) in [5, 5.41) is 13.3. The Morgan fingerprint density at radius 3 is 2.80 bits per heavy atom. The van der Waals surface area contributed by atoms with E-state index in [1.165, 1.54) is 6.07 Å². The van der Waals surface area contributed by atoms with Gasteiger partial charge in [-0.2, -0.15) is 0 Å². The minimum atomic E-state index is -0.922. The van der Waals surface area contributed by atoms with Crippen molar-refractivity contribution in [2.45, 2.75) is 38.0 Å². The van der Waals surface area contributed by atoms with E-state index in [0.717, 1.165) is 31.5 Å². The lowest BCUT2D eigenvalue weighted by atomic mass is 9.98. The van der Waals surface area contributed by atoms with Crippen molar-refractivity contribution in [3.05, 3.63) is 35.4 Å². The van der Waals surface area contributed by atoms with Crippen molar-refractivity contribution < 1.29 is 13.9 Å². The maximum atomic E-state index is 13.1. The Kier molecular flexibility index (Phi) is 5.07. The van der Waals surface area contributed by atoms with Gasteiger partial charge < -0.3 is 15.3 Å². The lowest BCUT2D eigenvalue weighted by Crippen LogP contribution is -2.46. The Morgan fingerprint density at radius 1 is 1.40 bits per heavy atom. The molecule has 0 amide bonds. The Balaban J connectivity index is 1.85. The minimum Gasteiger partial charge on any atom is -0.387 e. The third-order valence-electron chi connectivity index (χ3n) is 4.14. The van der Waals surface area contributed by atoms with Crippen molar-refractivity contribution in [1.29, 1.82) is 0 Å². The average molecular weight is 284 g/mol. The van der Waals surface area contributed by atoms with Gasteiger partial charge in [0.2, 0.25) is 0 Å². The lowest BCUT2D eigenvalue weighted by Gasteiger charge is -2.35. The van der Waals surface area contributed by atoms with E-state index in [9.17, 15) is 13.9 Å². The van der Waals surface area contributed by atoms with Crippen molar-refractivity contribution >= 4 is 0 Å². The number of halogens is 2. The fourth-order valence-electron chi connectivity index (χ4n) is 2.59. The minimum absolute atomic E-state index is 0.353. The van der Waals surface area contributed by atoms with Crippen molar-refractivity contribution in [2.75, 3.05) is 20.1 Å². The SMILES string of the molecule is CC1CC(NCC(O)c2ccc(F)c(F)c2)CCN1C. The van der Waals surface area contributed by atoms with Crippen molar-refractivity contribution in [3.8, 4) is 0 Å². The Hall–Kier alpha value is -1.04. The van der Waals surface area contributed by atoms with Gasteiger partial charge in [0.15, 0.2) is 11.6 Å². The number of piperidine rings is 1. The van der Waals surface area contributed by atoms with Crippen LogP contribution in [0.25, 0.3) is 0 Å². The molecule has 1 aliphatic heterocycles. The maximum Gasteiger partial charge on any atom is 0.159 e. The molecular weight excluding hydrogens is 262 g/mol. The summed E-state index contributed by atoms with van der Waals surface area (Å²) in [4.78, 5) is 2.31. The van der Waals surface area contributed by atoms with E-state index >= 15 is 0 Å². The van der Waals surface area contributed by atoms with E-state index in [1.807, 2.05) is 0 Å². The molecule has 1 aromatic rings. The van der Waals surface area contributed by atoms with E-state index in [1.54, 1.807) is 0 Å². The number of aliphatic hydroxyl groups is 1. The van der Waals surface area contributed by atoms with Crippen LogP contribution < -0.4 is 5.32 Å². The Bertz CT molecular complexity index is 455. The van der Waals surface area contributed by atoms with E-state index < -0.39 is 17.7 Å². The summed E-state index contributed by atoms with van der Waals surface area (Å²) in [6, 6.07) is 4.40. The highest BCUT2D eigenvalue weighted by Crippen LogP contribution is 2.18. The third-order valence-corrected chi connectivity index (χ3v) is 4.14. The highest BCUT2D eigenvalue weighted by Gasteiger charge is 2.23.